The smallest absolute Gasteiger partial charge is 0.244 e. The molecule has 12 heteroatoms. The average molecular weight is 583 g/mol. The van der Waals surface area contributed by atoms with E-state index in [1.807, 2.05) is 13.8 Å². The third-order valence-electron chi connectivity index (χ3n) is 5.35. The lowest BCUT2D eigenvalue weighted by atomic mass is 10.1. The Bertz CT molecular complexity index is 1190. The van der Waals surface area contributed by atoms with Gasteiger partial charge in [-0.1, -0.05) is 65.5 Å². The van der Waals surface area contributed by atoms with Crippen LogP contribution in [-0.2, 0) is 26.2 Å². The Kier molecular flexibility index (Phi) is 10.5. The normalized spacial score (nSPS) is 13.1. The van der Waals surface area contributed by atoms with Gasteiger partial charge in [0.25, 0.3) is 0 Å². The van der Waals surface area contributed by atoms with Gasteiger partial charge in [-0.25, -0.2) is 8.42 Å². The van der Waals surface area contributed by atoms with Gasteiger partial charge in [0.2, 0.25) is 21.8 Å². The fourth-order valence-corrected chi connectivity index (χ4v) is 4.94. The molecule has 0 saturated heterocycles. The third kappa shape index (κ3) is 8.15. The van der Waals surface area contributed by atoms with Gasteiger partial charge in [0.1, 0.15) is 12.6 Å². The van der Waals surface area contributed by atoms with Crippen LogP contribution in [0, 0.1) is 0 Å². The zero-order valence-corrected chi connectivity index (χ0v) is 23.5. The Hall–Kier alpha value is -1.71. The van der Waals surface area contributed by atoms with Crippen LogP contribution in [0.3, 0.4) is 0 Å². The van der Waals surface area contributed by atoms with Crippen molar-refractivity contribution in [3.8, 4) is 0 Å². The first-order chi connectivity index (χ1) is 16.2. The number of nitrogens with zero attached hydrogens (tertiary/aromatic N) is 2. The summed E-state index contributed by atoms with van der Waals surface area (Å²) >= 11 is 24.4. The van der Waals surface area contributed by atoms with Crippen LogP contribution < -0.4 is 9.62 Å². The molecule has 192 valence electrons. The summed E-state index contributed by atoms with van der Waals surface area (Å²) in [4.78, 5) is 27.7. The maximum absolute atomic E-state index is 13.5. The van der Waals surface area contributed by atoms with Crippen molar-refractivity contribution < 1.29 is 18.0 Å². The number of hydrogen-bond acceptors (Lipinski definition) is 4. The molecular weight excluding hydrogens is 556 g/mol. The molecule has 0 radical (unpaired) electrons. The van der Waals surface area contributed by atoms with Crippen molar-refractivity contribution in [3.63, 3.8) is 0 Å². The van der Waals surface area contributed by atoms with Crippen molar-refractivity contribution in [2.45, 2.75) is 45.8 Å². The van der Waals surface area contributed by atoms with Gasteiger partial charge >= 0.3 is 0 Å². The number of sulfonamides is 1. The zero-order valence-electron chi connectivity index (χ0n) is 19.7. The molecule has 0 unspecified atom stereocenters. The van der Waals surface area contributed by atoms with Crippen LogP contribution in [-0.4, -0.2) is 50.0 Å². The average Bonchev–Trinajstić information content (AvgIpc) is 2.77. The first-order valence-corrected chi connectivity index (χ1v) is 14.1. The van der Waals surface area contributed by atoms with E-state index in [-0.39, 0.29) is 39.2 Å². The minimum absolute atomic E-state index is 0.00146. The van der Waals surface area contributed by atoms with Crippen molar-refractivity contribution in [1.82, 2.24) is 10.2 Å². The lowest BCUT2D eigenvalue weighted by Crippen LogP contribution is -2.52. The number of rotatable bonds is 10. The summed E-state index contributed by atoms with van der Waals surface area (Å²) in [5.41, 5.74) is 0.670. The van der Waals surface area contributed by atoms with Crippen LogP contribution >= 0.6 is 46.4 Å². The molecule has 0 aromatic heterocycles. The molecular formula is C23H27Cl4N3O4S. The quantitative estimate of drug-likeness (QED) is 0.380. The van der Waals surface area contributed by atoms with Crippen LogP contribution in [0.25, 0.3) is 0 Å². The Morgan fingerprint density at radius 3 is 2.20 bits per heavy atom. The highest BCUT2D eigenvalue weighted by molar-refractivity contribution is 7.92. The van der Waals surface area contributed by atoms with E-state index in [2.05, 4.69) is 5.32 Å². The van der Waals surface area contributed by atoms with Gasteiger partial charge < -0.3 is 10.2 Å². The van der Waals surface area contributed by atoms with E-state index < -0.39 is 28.5 Å². The van der Waals surface area contributed by atoms with Gasteiger partial charge in [-0.2, -0.15) is 0 Å². The molecule has 0 aliphatic rings. The van der Waals surface area contributed by atoms with Crippen molar-refractivity contribution in [1.29, 1.82) is 0 Å². The van der Waals surface area contributed by atoms with Gasteiger partial charge in [-0.05, 0) is 50.1 Å². The SMILES string of the molecule is CC[C@H](C)NC(=O)[C@H](C)N(Cc1cccc(Cl)c1)C(=O)CN(c1cc(Cl)c(Cl)cc1Cl)S(C)(=O)=O. The molecule has 2 aromatic carbocycles. The molecule has 0 aliphatic carbocycles. The third-order valence-corrected chi connectivity index (χ3v) is 7.73. The van der Waals surface area contributed by atoms with E-state index in [1.54, 1.807) is 31.2 Å². The lowest BCUT2D eigenvalue weighted by molar-refractivity contribution is -0.139. The minimum atomic E-state index is -3.97. The molecule has 1 N–H and O–H groups in total. The molecule has 0 bridgehead atoms. The molecule has 0 heterocycles. The summed E-state index contributed by atoms with van der Waals surface area (Å²) < 4.78 is 26.1. The number of nitrogens with one attached hydrogen (secondary N) is 1. The summed E-state index contributed by atoms with van der Waals surface area (Å²) in [5, 5.41) is 3.53. The molecule has 2 aromatic rings. The first kappa shape index (κ1) is 29.5. The zero-order chi connectivity index (χ0) is 26.5. The van der Waals surface area contributed by atoms with Crippen LogP contribution in [0.1, 0.15) is 32.8 Å². The number of amides is 2. The standard InChI is InChI=1S/C23H27Cl4N3O4S/c1-5-14(2)28-23(32)15(3)29(12-16-7-6-8-17(24)9-16)22(31)13-30(35(4,33)34)21-11-19(26)18(25)10-20(21)27/h6-11,14-15H,5,12-13H2,1-4H3,(H,28,32)/t14-,15-/m0/s1. The summed E-state index contributed by atoms with van der Waals surface area (Å²) in [5.74, 6) is -0.988. The second-order valence-corrected chi connectivity index (χ2v) is 11.7. The van der Waals surface area contributed by atoms with Crippen LogP contribution in [0.5, 0.6) is 0 Å². The number of anilines is 1. The minimum Gasteiger partial charge on any atom is -0.352 e. The van der Waals surface area contributed by atoms with Crippen molar-refractivity contribution in [2.24, 2.45) is 0 Å². The fourth-order valence-electron chi connectivity index (χ4n) is 3.18. The van der Waals surface area contributed by atoms with Gasteiger partial charge in [0.15, 0.2) is 0 Å². The fraction of sp³-hybridized carbons (Fsp3) is 0.391. The summed E-state index contributed by atoms with van der Waals surface area (Å²) in [6, 6.07) is 8.42. The summed E-state index contributed by atoms with van der Waals surface area (Å²) in [6.07, 6.45) is 1.65. The van der Waals surface area contributed by atoms with E-state index in [9.17, 15) is 18.0 Å². The molecule has 0 aliphatic heterocycles. The van der Waals surface area contributed by atoms with Crippen molar-refractivity contribution in [3.05, 3.63) is 62.1 Å². The largest absolute Gasteiger partial charge is 0.352 e. The predicted octanol–water partition coefficient (Wildman–Crippen LogP) is 5.40. The van der Waals surface area contributed by atoms with Gasteiger partial charge in [-0.15, -0.1) is 0 Å². The molecule has 7 nitrogen and oxygen atoms in total. The van der Waals surface area contributed by atoms with Crippen LogP contribution in [0.2, 0.25) is 20.1 Å². The monoisotopic (exact) mass is 581 g/mol. The highest BCUT2D eigenvalue weighted by Gasteiger charge is 2.31. The highest BCUT2D eigenvalue weighted by Crippen LogP contribution is 2.35. The summed E-state index contributed by atoms with van der Waals surface area (Å²) in [6.45, 7) is 4.78. The van der Waals surface area contributed by atoms with E-state index in [0.29, 0.717) is 17.0 Å². The first-order valence-electron chi connectivity index (χ1n) is 10.7. The van der Waals surface area contributed by atoms with E-state index in [4.69, 9.17) is 46.4 Å². The van der Waals surface area contributed by atoms with Crippen LogP contribution in [0.4, 0.5) is 5.69 Å². The number of carbonyl (C=O) groups excluding carboxylic acids is 2. The van der Waals surface area contributed by atoms with Crippen LogP contribution in [0.15, 0.2) is 36.4 Å². The Morgan fingerprint density at radius 1 is 1.00 bits per heavy atom. The second kappa shape index (κ2) is 12.5. The van der Waals surface area contributed by atoms with Gasteiger partial charge in [0.05, 0.1) is 27.0 Å². The molecule has 0 saturated carbocycles. The number of carbonyl (C=O) groups is 2. The maximum Gasteiger partial charge on any atom is 0.244 e. The summed E-state index contributed by atoms with van der Waals surface area (Å²) in [7, 11) is -3.97. The molecule has 0 spiro atoms. The Labute approximate surface area is 226 Å². The lowest BCUT2D eigenvalue weighted by Gasteiger charge is -2.32. The Balaban J connectivity index is 2.46. The second-order valence-electron chi connectivity index (χ2n) is 8.13. The topological polar surface area (TPSA) is 86.8 Å². The molecule has 0 fully saturated rings. The van der Waals surface area contributed by atoms with Crippen molar-refractivity contribution >= 4 is 73.9 Å². The number of hydrogen-bond donors (Lipinski definition) is 1. The van der Waals surface area contributed by atoms with Crippen molar-refractivity contribution in [2.75, 3.05) is 17.1 Å². The van der Waals surface area contributed by atoms with Gasteiger partial charge in [0, 0.05) is 17.6 Å². The molecule has 35 heavy (non-hydrogen) atoms. The molecule has 2 rings (SSSR count). The maximum atomic E-state index is 13.5. The van der Waals surface area contributed by atoms with E-state index in [1.165, 1.54) is 17.0 Å². The van der Waals surface area contributed by atoms with E-state index >= 15 is 0 Å². The van der Waals surface area contributed by atoms with E-state index in [0.717, 1.165) is 10.6 Å². The number of benzene rings is 2. The highest BCUT2D eigenvalue weighted by atomic mass is 35.5. The molecule has 2 atom stereocenters. The predicted molar refractivity (Wildman–Crippen MR) is 143 cm³/mol. The number of halogens is 4. The molecule has 2 amide bonds. The van der Waals surface area contributed by atoms with Gasteiger partial charge in [-0.3, -0.25) is 13.9 Å². The Morgan fingerprint density at radius 2 is 1.63 bits per heavy atom.